The van der Waals surface area contributed by atoms with Crippen LogP contribution in [-0.4, -0.2) is 8.80 Å². The summed E-state index contributed by atoms with van der Waals surface area (Å²) in [6.07, 6.45) is 0. The van der Waals surface area contributed by atoms with Crippen LogP contribution in [-0.2, 0) is 0 Å². The molecule has 4 rings (SSSR count). The van der Waals surface area contributed by atoms with Gasteiger partial charge < -0.3 is 0 Å². The van der Waals surface area contributed by atoms with Crippen molar-refractivity contribution in [3.63, 3.8) is 0 Å². The predicted octanol–water partition coefficient (Wildman–Crippen LogP) is 8.47. The Morgan fingerprint density at radius 3 is 0.786 bits per heavy atom. The fraction of sp³-hybridized carbons (Fsp3) is 0.0769. The second-order valence-electron chi connectivity index (χ2n) is 8.97. The van der Waals surface area contributed by atoms with E-state index in [1.165, 1.54) is 13.1 Å². The Morgan fingerprint density at radius 1 is 0.333 bits per heavy atom. The fourth-order valence-corrected chi connectivity index (χ4v) is 6.07. The molecule has 222 valence electrons. The Morgan fingerprint density at radius 2 is 0.548 bits per heavy atom. The largest absolute Gasteiger partial charge is 0.203 e. The monoisotopic (exact) mass is 634 g/mol. The minimum atomic E-state index is -3.02. The lowest BCUT2D eigenvalue weighted by molar-refractivity contribution is 0.381. The quantitative estimate of drug-likeness (QED) is 0.0915. The van der Waals surface area contributed by atoms with Crippen molar-refractivity contribution in [1.82, 2.24) is 0 Å². The lowest BCUT2D eigenvalue weighted by atomic mass is 9.91. The van der Waals surface area contributed by atoms with E-state index in [0.29, 0.717) is 0 Å². The molecule has 0 bridgehead atoms. The van der Waals surface area contributed by atoms with Gasteiger partial charge in [0.25, 0.3) is 0 Å². The lowest BCUT2D eigenvalue weighted by Gasteiger charge is -2.22. The van der Waals surface area contributed by atoms with Gasteiger partial charge in [-0.25, -0.2) is 65.9 Å². The smallest absolute Gasteiger partial charge is 0.200 e. The van der Waals surface area contributed by atoms with E-state index in [4.69, 9.17) is 0 Å². The van der Waals surface area contributed by atoms with Gasteiger partial charge in [0.15, 0.2) is 69.8 Å². The molecule has 0 aliphatic carbocycles. The second kappa shape index (κ2) is 10.7. The van der Waals surface area contributed by atoms with E-state index < -0.39 is 135 Å². The zero-order chi connectivity index (χ0) is 31.7. The molecule has 0 unspecified atom stereocenters. The zero-order valence-corrected chi connectivity index (χ0v) is 21.6. The predicted molar refractivity (Wildman–Crippen MR) is 121 cm³/mol. The molecule has 0 spiro atoms. The molecule has 0 amide bonds. The van der Waals surface area contributed by atoms with Crippen LogP contribution in [0.5, 0.6) is 0 Å². The van der Waals surface area contributed by atoms with E-state index in [1.807, 2.05) is 0 Å². The fourth-order valence-electron chi connectivity index (χ4n) is 4.37. The van der Waals surface area contributed by atoms with Crippen molar-refractivity contribution in [3.8, 4) is 33.4 Å². The van der Waals surface area contributed by atoms with Gasteiger partial charge in [0, 0.05) is 0 Å². The molecule has 16 heteroatoms. The first kappa shape index (κ1) is 31.0. The van der Waals surface area contributed by atoms with Crippen LogP contribution < -0.4 is 5.19 Å². The molecule has 0 N–H and O–H groups in total. The van der Waals surface area contributed by atoms with Gasteiger partial charge in [0.2, 0.25) is 17.5 Å². The van der Waals surface area contributed by atoms with Crippen LogP contribution in [0.15, 0.2) is 12.1 Å². The summed E-state index contributed by atoms with van der Waals surface area (Å²) in [5.74, 6) is -39.1. The summed E-state index contributed by atoms with van der Waals surface area (Å²) in [5.41, 5.74) is -9.59. The lowest BCUT2D eigenvalue weighted by Crippen LogP contribution is -2.29. The Balaban J connectivity index is 2.36. The third kappa shape index (κ3) is 4.42. The van der Waals surface area contributed by atoms with Crippen molar-refractivity contribution < 1.29 is 65.9 Å². The molecule has 4 aromatic rings. The van der Waals surface area contributed by atoms with Gasteiger partial charge in [-0.3, -0.25) is 0 Å². The molecule has 0 radical (unpaired) electrons. The van der Waals surface area contributed by atoms with Crippen LogP contribution >= 0.6 is 0 Å². The molecule has 0 saturated carbocycles. The number of halogens is 15. The molecule has 0 saturated heterocycles. The molecule has 0 aliphatic rings. The topological polar surface area (TPSA) is 0 Å². The number of hydrogen-bond acceptors (Lipinski definition) is 0. The summed E-state index contributed by atoms with van der Waals surface area (Å²) in [4.78, 5) is 0. The average molecular weight is 634 g/mol. The van der Waals surface area contributed by atoms with E-state index >= 15 is 0 Å². The van der Waals surface area contributed by atoms with Gasteiger partial charge >= 0.3 is 0 Å². The maximum absolute atomic E-state index is 14.9. The van der Waals surface area contributed by atoms with E-state index in [9.17, 15) is 65.9 Å². The highest BCUT2D eigenvalue weighted by Gasteiger charge is 2.35. The molecular weight excluding hydrogens is 625 g/mol. The summed E-state index contributed by atoms with van der Waals surface area (Å²) in [6, 6.07) is 0.406. The van der Waals surface area contributed by atoms with Crippen LogP contribution in [0.2, 0.25) is 13.1 Å². The minimum absolute atomic E-state index is 0.203. The molecule has 42 heavy (non-hydrogen) atoms. The summed E-state index contributed by atoms with van der Waals surface area (Å²) in [6.45, 7) is 2.39. The van der Waals surface area contributed by atoms with Crippen LogP contribution in [0.4, 0.5) is 65.9 Å². The minimum Gasteiger partial charge on any atom is -0.203 e. The van der Waals surface area contributed by atoms with Crippen molar-refractivity contribution in [2.75, 3.05) is 0 Å². The summed E-state index contributed by atoms with van der Waals surface area (Å²) < 4.78 is 215. The van der Waals surface area contributed by atoms with E-state index in [-0.39, 0.29) is 12.1 Å². The van der Waals surface area contributed by atoms with Gasteiger partial charge in [-0.1, -0.05) is 13.1 Å². The molecule has 0 atom stereocenters. The SMILES string of the molecule is C[SiH](C)c1c(-c2c(F)c(F)c(F)c(F)c2F)cc(-c2c(F)c(F)c(F)c(F)c2F)cc1-c1c(F)c(F)c(F)c(F)c1F. The van der Waals surface area contributed by atoms with Crippen molar-refractivity contribution in [1.29, 1.82) is 0 Å². The Kier molecular flexibility index (Phi) is 7.90. The van der Waals surface area contributed by atoms with Gasteiger partial charge in [-0.2, -0.15) is 0 Å². The van der Waals surface area contributed by atoms with Gasteiger partial charge in [-0.05, 0) is 34.0 Å². The number of benzene rings is 4. The Bertz CT molecular complexity index is 1640. The summed E-state index contributed by atoms with van der Waals surface area (Å²) >= 11 is 0. The highest BCUT2D eigenvalue weighted by atomic mass is 28.3. The van der Waals surface area contributed by atoms with Crippen LogP contribution in [0.25, 0.3) is 33.4 Å². The highest BCUT2D eigenvalue weighted by molar-refractivity contribution is 6.73. The van der Waals surface area contributed by atoms with E-state index in [2.05, 4.69) is 0 Å². The number of rotatable bonds is 4. The third-order valence-corrected chi connectivity index (χ3v) is 7.99. The van der Waals surface area contributed by atoms with Crippen molar-refractivity contribution in [2.45, 2.75) is 13.1 Å². The zero-order valence-electron chi connectivity index (χ0n) is 20.4. The first-order chi connectivity index (χ1) is 19.4. The average Bonchev–Trinajstić information content (AvgIpc) is 2.95. The van der Waals surface area contributed by atoms with Crippen molar-refractivity contribution >= 4 is 14.0 Å². The normalized spacial score (nSPS) is 11.7. The first-order valence-electron chi connectivity index (χ1n) is 11.2. The van der Waals surface area contributed by atoms with Crippen LogP contribution in [0, 0.1) is 87.3 Å². The molecular formula is C26H9F15Si. The molecule has 0 nitrogen and oxygen atoms in total. The van der Waals surface area contributed by atoms with Crippen molar-refractivity contribution in [2.24, 2.45) is 0 Å². The maximum atomic E-state index is 14.9. The van der Waals surface area contributed by atoms with Crippen LogP contribution in [0.3, 0.4) is 0 Å². The molecule has 0 fully saturated rings. The standard InChI is InChI=1S/C26H9F15Si/c1-42(2)26-6(9-13(29)19(35)24(40)20(36)14(9)30)3-5(8-11(27)17(33)23(39)18(34)12(8)28)4-7(26)10-15(31)21(37)25(41)22(38)16(10)32/h3-4,42H,1-2H3. The van der Waals surface area contributed by atoms with Crippen LogP contribution in [0.1, 0.15) is 0 Å². The van der Waals surface area contributed by atoms with E-state index in [0.717, 1.165) is 0 Å². The highest BCUT2D eigenvalue weighted by Crippen LogP contribution is 2.41. The molecule has 0 aliphatic heterocycles. The second-order valence-corrected chi connectivity index (χ2v) is 11.9. The molecule has 0 heterocycles. The summed E-state index contributed by atoms with van der Waals surface area (Å²) in [5, 5.41) is -0.769. The molecule has 4 aromatic carbocycles. The molecule has 0 aromatic heterocycles. The van der Waals surface area contributed by atoms with Gasteiger partial charge in [-0.15, -0.1) is 0 Å². The Labute approximate surface area is 226 Å². The maximum Gasteiger partial charge on any atom is 0.200 e. The third-order valence-electron chi connectivity index (χ3n) is 6.21. The summed E-state index contributed by atoms with van der Waals surface area (Å²) in [7, 11) is -3.02. The first-order valence-corrected chi connectivity index (χ1v) is 14.1. The van der Waals surface area contributed by atoms with E-state index in [1.54, 1.807) is 0 Å². The number of hydrogen-bond donors (Lipinski definition) is 0. The Hall–Kier alpha value is -3.95. The van der Waals surface area contributed by atoms with Gasteiger partial charge in [0.05, 0.1) is 25.5 Å². The van der Waals surface area contributed by atoms with Gasteiger partial charge in [0.1, 0.15) is 0 Å². The van der Waals surface area contributed by atoms with Crippen molar-refractivity contribution in [3.05, 3.63) is 99.4 Å².